The van der Waals surface area contributed by atoms with Gasteiger partial charge in [0, 0.05) is 12.1 Å². The summed E-state index contributed by atoms with van der Waals surface area (Å²) in [5, 5.41) is 6.84. The van der Waals surface area contributed by atoms with Crippen LogP contribution >= 0.6 is 11.6 Å². The fraction of sp³-hybridized carbons (Fsp3) is 0.375. The van der Waals surface area contributed by atoms with Crippen molar-refractivity contribution in [2.24, 2.45) is 0 Å². The summed E-state index contributed by atoms with van der Waals surface area (Å²) in [7, 11) is 3.11. The summed E-state index contributed by atoms with van der Waals surface area (Å²) in [4.78, 5) is 8.39. The lowest BCUT2D eigenvalue weighted by molar-refractivity contribution is 0.396. The van der Waals surface area contributed by atoms with Gasteiger partial charge in [-0.05, 0) is 19.4 Å². The number of hydrogen-bond acceptors (Lipinski definition) is 7. The molecule has 130 valence electrons. The lowest BCUT2D eigenvalue weighted by atomic mass is 10.2. The molecule has 1 unspecified atom stereocenters. The maximum atomic E-state index is 6.19. The summed E-state index contributed by atoms with van der Waals surface area (Å²) in [5.41, 5.74) is 7.22. The van der Waals surface area contributed by atoms with Crippen LogP contribution in [0.2, 0.25) is 5.02 Å². The highest BCUT2D eigenvalue weighted by molar-refractivity contribution is 6.32. The molecular weight excluding hydrogens is 330 g/mol. The molecule has 24 heavy (non-hydrogen) atoms. The number of hydrogen-bond donors (Lipinski definition) is 3. The molecule has 0 amide bonds. The van der Waals surface area contributed by atoms with Crippen molar-refractivity contribution in [1.29, 1.82) is 0 Å². The first-order chi connectivity index (χ1) is 11.5. The first kappa shape index (κ1) is 17.9. The number of nitrogens with one attached hydrogen (secondary N) is 2. The van der Waals surface area contributed by atoms with Crippen LogP contribution in [0, 0.1) is 0 Å². The van der Waals surface area contributed by atoms with Crippen molar-refractivity contribution >= 4 is 34.6 Å². The van der Waals surface area contributed by atoms with E-state index in [1.807, 2.05) is 0 Å². The first-order valence-electron chi connectivity index (χ1n) is 7.55. The van der Waals surface area contributed by atoms with Gasteiger partial charge < -0.3 is 25.8 Å². The SMILES string of the molecule is CCC(C)Nc1ncnc(Nc2cc(Cl)c(OC)cc2OC)c1N. The number of methoxy groups -OCH3 is 2. The minimum Gasteiger partial charge on any atom is -0.495 e. The molecule has 8 heteroatoms. The van der Waals surface area contributed by atoms with Gasteiger partial charge in [-0.3, -0.25) is 0 Å². The number of nitrogens with two attached hydrogens (primary N) is 1. The molecule has 7 nitrogen and oxygen atoms in total. The predicted molar refractivity (Wildman–Crippen MR) is 97.7 cm³/mol. The van der Waals surface area contributed by atoms with E-state index < -0.39 is 0 Å². The average molecular weight is 352 g/mol. The molecule has 2 aromatic rings. The van der Waals surface area contributed by atoms with Crippen LogP contribution in [0.4, 0.5) is 23.0 Å². The first-order valence-corrected chi connectivity index (χ1v) is 7.93. The molecule has 1 heterocycles. The molecule has 0 aliphatic rings. The highest BCUT2D eigenvalue weighted by Gasteiger charge is 2.14. The Kier molecular flexibility index (Phi) is 5.92. The smallest absolute Gasteiger partial charge is 0.159 e. The number of benzene rings is 1. The van der Waals surface area contributed by atoms with Gasteiger partial charge in [0.25, 0.3) is 0 Å². The van der Waals surface area contributed by atoms with Crippen molar-refractivity contribution < 1.29 is 9.47 Å². The topological polar surface area (TPSA) is 94.3 Å². The minimum absolute atomic E-state index is 0.250. The molecule has 1 atom stereocenters. The molecule has 0 radical (unpaired) electrons. The summed E-state index contributed by atoms with van der Waals surface area (Å²) in [5.74, 6) is 2.13. The number of nitrogens with zero attached hydrogens (tertiary/aromatic N) is 2. The highest BCUT2D eigenvalue weighted by Crippen LogP contribution is 2.38. The molecular formula is C16H22ClN5O2. The third-order valence-electron chi connectivity index (χ3n) is 3.61. The zero-order valence-corrected chi connectivity index (χ0v) is 14.9. The minimum atomic E-state index is 0.250. The Bertz CT molecular complexity index is 711. The Morgan fingerprint density at radius 2 is 1.83 bits per heavy atom. The van der Waals surface area contributed by atoms with Crippen molar-refractivity contribution in [1.82, 2.24) is 9.97 Å². The Hall–Kier alpha value is -2.41. The van der Waals surface area contributed by atoms with Crippen LogP contribution in [0.15, 0.2) is 18.5 Å². The van der Waals surface area contributed by atoms with Crippen LogP contribution in [-0.4, -0.2) is 30.2 Å². The zero-order chi connectivity index (χ0) is 17.7. The molecule has 4 N–H and O–H groups in total. The van der Waals surface area contributed by atoms with E-state index in [0.717, 1.165) is 6.42 Å². The fourth-order valence-corrected chi connectivity index (χ4v) is 2.27. The second-order valence-electron chi connectivity index (χ2n) is 5.25. The Balaban J connectivity index is 2.34. The zero-order valence-electron chi connectivity index (χ0n) is 14.2. The third kappa shape index (κ3) is 3.91. The quantitative estimate of drug-likeness (QED) is 0.700. The van der Waals surface area contributed by atoms with Crippen LogP contribution in [-0.2, 0) is 0 Å². The van der Waals surface area contributed by atoms with Crippen molar-refractivity contribution in [2.45, 2.75) is 26.3 Å². The lowest BCUT2D eigenvalue weighted by Crippen LogP contribution is -2.16. The van der Waals surface area contributed by atoms with Crippen molar-refractivity contribution in [2.75, 3.05) is 30.6 Å². The summed E-state index contributed by atoms with van der Waals surface area (Å²) < 4.78 is 10.6. The summed E-state index contributed by atoms with van der Waals surface area (Å²) in [6, 6.07) is 3.64. The number of nitrogen functional groups attached to an aromatic ring is 1. The molecule has 1 aromatic heterocycles. The van der Waals surface area contributed by atoms with E-state index in [0.29, 0.717) is 39.5 Å². The number of aromatic nitrogens is 2. The van der Waals surface area contributed by atoms with E-state index in [1.54, 1.807) is 26.4 Å². The number of rotatable bonds is 7. The predicted octanol–water partition coefficient (Wildman–Crippen LogP) is 3.68. The van der Waals surface area contributed by atoms with Gasteiger partial charge in [-0.25, -0.2) is 9.97 Å². The largest absolute Gasteiger partial charge is 0.495 e. The molecule has 0 aliphatic heterocycles. The maximum Gasteiger partial charge on any atom is 0.159 e. The van der Waals surface area contributed by atoms with Gasteiger partial charge in [0.15, 0.2) is 11.6 Å². The van der Waals surface area contributed by atoms with E-state index in [-0.39, 0.29) is 6.04 Å². The number of anilines is 4. The van der Waals surface area contributed by atoms with Gasteiger partial charge in [0.1, 0.15) is 23.5 Å². The Morgan fingerprint density at radius 3 is 2.46 bits per heavy atom. The average Bonchev–Trinajstić information content (AvgIpc) is 2.58. The van der Waals surface area contributed by atoms with Crippen LogP contribution < -0.4 is 25.8 Å². The standard InChI is InChI=1S/C16H22ClN5O2/c1-5-9(2)21-15-14(18)16(20-8-19-15)22-11-6-10(17)12(23-3)7-13(11)24-4/h6-9H,5,18H2,1-4H3,(H2,19,20,21,22). The lowest BCUT2D eigenvalue weighted by Gasteiger charge is -2.17. The molecule has 0 saturated heterocycles. The van der Waals surface area contributed by atoms with E-state index in [2.05, 4.69) is 34.4 Å². The van der Waals surface area contributed by atoms with Gasteiger partial charge in [-0.1, -0.05) is 18.5 Å². The normalized spacial score (nSPS) is 11.7. The molecule has 0 spiro atoms. The van der Waals surface area contributed by atoms with Crippen molar-refractivity contribution in [3.63, 3.8) is 0 Å². The van der Waals surface area contributed by atoms with Gasteiger partial charge >= 0.3 is 0 Å². The van der Waals surface area contributed by atoms with E-state index in [1.165, 1.54) is 6.33 Å². The second kappa shape index (κ2) is 7.92. The van der Waals surface area contributed by atoms with Gasteiger partial charge in [-0.2, -0.15) is 0 Å². The van der Waals surface area contributed by atoms with E-state index in [4.69, 9.17) is 26.8 Å². The molecule has 0 saturated carbocycles. The molecule has 1 aromatic carbocycles. The van der Waals surface area contributed by atoms with Crippen LogP contribution in [0.5, 0.6) is 11.5 Å². The number of ether oxygens (including phenoxy) is 2. The van der Waals surface area contributed by atoms with Crippen molar-refractivity contribution in [3.05, 3.63) is 23.5 Å². The van der Waals surface area contributed by atoms with Gasteiger partial charge in [0.05, 0.1) is 24.9 Å². The maximum absolute atomic E-state index is 6.19. The third-order valence-corrected chi connectivity index (χ3v) is 3.90. The molecule has 0 fully saturated rings. The van der Waals surface area contributed by atoms with E-state index in [9.17, 15) is 0 Å². The van der Waals surface area contributed by atoms with Crippen LogP contribution in [0.25, 0.3) is 0 Å². The number of halogens is 1. The molecule has 0 aliphatic carbocycles. The molecule has 0 bridgehead atoms. The Labute approximate surface area is 146 Å². The van der Waals surface area contributed by atoms with Crippen molar-refractivity contribution in [3.8, 4) is 11.5 Å². The molecule has 2 rings (SSSR count). The Morgan fingerprint density at radius 1 is 1.17 bits per heavy atom. The summed E-state index contributed by atoms with van der Waals surface area (Å²) >= 11 is 6.19. The summed E-state index contributed by atoms with van der Waals surface area (Å²) in [6.07, 6.45) is 2.40. The monoisotopic (exact) mass is 351 g/mol. The van der Waals surface area contributed by atoms with Crippen LogP contribution in [0.1, 0.15) is 20.3 Å². The summed E-state index contributed by atoms with van der Waals surface area (Å²) in [6.45, 7) is 4.14. The fourth-order valence-electron chi connectivity index (χ4n) is 2.03. The van der Waals surface area contributed by atoms with Gasteiger partial charge in [0.2, 0.25) is 0 Å². The van der Waals surface area contributed by atoms with Crippen LogP contribution in [0.3, 0.4) is 0 Å². The van der Waals surface area contributed by atoms with Gasteiger partial charge in [-0.15, -0.1) is 0 Å². The second-order valence-corrected chi connectivity index (χ2v) is 5.66. The highest BCUT2D eigenvalue weighted by atomic mass is 35.5. The van der Waals surface area contributed by atoms with E-state index >= 15 is 0 Å².